The molecule has 1 atom stereocenters. The lowest BCUT2D eigenvalue weighted by molar-refractivity contribution is -0.115. The Hall–Kier alpha value is -1.97. The van der Waals surface area contributed by atoms with Crippen LogP contribution in [0.1, 0.15) is 26.8 Å². The smallest absolute Gasteiger partial charge is 0.238 e. The third-order valence-corrected chi connectivity index (χ3v) is 6.00. The number of aromatic nitrogens is 4. The second-order valence-corrected chi connectivity index (χ2v) is 9.10. The third kappa shape index (κ3) is 4.22. The van der Waals surface area contributed by atoms with E-state index < -0.39 is 0 Å². The van der Waals surface area contributed by atoms with Crippen molar-refractivity contribution in [3.05, 3.63) is 46.5 Å². The largest absolute Gasteiger partial charge is 0.310 e. The number of nitrogens with one attached hydrogen (secondary N) is 1. The van der Waals surface area contributed by atoms with Crippen molar-refractivity contribution < 1.29 is 4.79 Å². The van der Waals surface area contributed by atoms with E-state index in [-0.39, 0.29) is 17.2 Å². The number of thioether (sulfide) groups is 1. The van der Waals surface area contributed by atoms with Gasteiger partial charge in [0.25, 0.3) is 0 Å². The van der Waals surface area contributed by atoms with Crippen LogP contribution in [0.4, 0.5) is 5.82 Å². The van der Waals surface area contributed by atoms with Gasteiger partial charge in [0.15, 0.2) is 8.29 Å². The quantitative estimate of drug-likeness (QED) is 0.481. The standard InChI is InChI=1S/C17H19N5OS3/c1-11(2)21-14(9-10-18-21)19-15(23)12(3)25-16-20-22(17(24)26-16)13-7-5-4-6-8-13/h4-12H,1-3H3,(H,19,23)/t12-/m0/s1. The van der Waals surface area contributed by atoms with E-state index in [4.69, 9.17) is 12.2 Å². The first-order valence-electron chi connectivity index (χ1n) is 8.12. The Morgan fingerprint density at radius 3 is 2.65 bits per heavy atom. The highest BCUT2D eigenvalue weighted by molar-refractivity contribution is 8.02. The second-order valence-electron chi connectivity index (χ2n) is 5.89. The number of carbonyl (C=O) groups excluding carboxylic acids is 1. The second kappa shape index (κ2) is 8.15. The van der Waals surface area contributed by atoms with Crippen LogP contribution in [-0.4, -0.2) is 30.7 Å². The van der Waals surface area contributed by atoms with Gasteiger partial charge in [-0.05, 0) is 45.1 Å². The molecule has 0 spiro atoms. The summed E-state index contributed by atoms with van der Waals surface area (Å²) in [7, 11) is 0. The van der Waals surface area contributed by atoms with E-state index >= 15 is 0 Å². The van der Waals surface area contributed by atoms with E-state index in [0.717, 1.165) is 10.0 Å². The number of para-hydroxylation sites is 1. The number of anilines is 1. The molecule has 9 heteroatoms. The monoisotopic (exact) mass is 405 g/mol. The van der Waals surface area contributed by atoms with Crippen molar-refractivity contribution in [2.45, 2.75) is 36.4 Å². The van der Waals surface area contributed by atoms with Gasteiger partial charge in [0.1, 0.15) is 5.82 Å². The van der Waals surface area contributed by atoms with Gasteiger partial charge in [-0.3, -0.25) is 4.79 Å². The first-order valence-corrected chi connectivity index (χ1v) is 10.2. The molecule has 0 unspecified atom stereocenters. The van der Waals surface area contributed by atoms with Gasteiger partial charge < -0.3 is 5.32 Å². The fraction of sp³-hybridized carbons (Fsp3) is 0.294. The summed E-state index contributed by atoms with van der Waals surface area (Å²) in [6, 6.07) is 11.7. The number of benzene rings is 1. The van der Waals surface area contributed by atoms with Crippen LogP contribution in [0.2, 0.25) is 0 Å². The molecule has 2 heterocycles. The molecule has 0 aliphatic rings. The summed E-state index contributed by atoms with van der Waals surface area (Å²) < 4.78 is 4.92. The van der Waals surface area contributed by atoms with Crippen LogP contribution in [0.5, 0.6) is 0 Å². The predicted octanol–water partition coefficient (Wildman–Crippen LogP) is 4.56. The van der Waals surface area contributed by atoms with Crippen LogP contribution in [-0.2, 0) is 4.79 Å². The number of carbonyl (C=O) groups is 1. The van der Waals surface area contributed by atoms with Gasteiger partial charge in [-0.2, -0.15) is 5.10 Å². The number of rotatable bonds is 6. The normalized spacial score (nSPS) is 12.3. The van der Waals surface area contributed by atoms with Crippen molar-refractivity contribution >= 4 is 47.0 Å². The summed E-state index contributed by atoms with van der Waals surface area (Å²) in [6.45, 7) is 5.89. The van der Waals surface area contributed by atoms with Crippen molar-refractivity contribution in [2.24, 2.45) is 0 Å². The van der Waals surface area contributed by atoms with Crippen molar-refractivity contribution in [2.75, 3.05) is 5.32 Å². The minimum atomic E-state index is -0.310. The van der Waals surface area contributed by atoms with Crippen LogP contribution < -0.4 is 5.32 Å². The summed E-state index contributed by atoms with van der Waals surface area (Å²) >= 11 is 8.20. The Kier molecular flexibility index (Phi) is 5.90. The van der Waals surface area contributed by atoms with Crippen molar-refractivity contribution in [1.29, 1.82) is 0 Å². The van der Waals surface area contributed by atoms with Crippen molar-refractivity contribution in [1.82, 2.24) is 19.6 Å². The van der Waals surface area contributed by atoms with Crippen molar-refractivity contribution in [3.63, 3.8) is 0 Å². The third-order valence-electron chi connectivity index (χ3n) is 3.59. The van der Waals surface area contributed by atoms with E-state index in [0.29, 0.717) is 9.77 Å². The van der Waals surface area contributed by atoms with E-state index in [1.807, 2.05) is 51.1 Å². The number of amides is 1. The van der Waals surface area contributed by atoms with E-state index in [1.165, 1.54) is 23.1 Å². The molecule has 0 aliphatic carbocycles. The van der Waals surface area contributed by atoms with Crippen LogP contribution in [0, 0.1) is 3.95 Å². The fourth-order valence-corrected chi connectivity index (χ4v) is 4.80. The predicted molar refractivity (Wildman–Crippen MR) is 109 cm³/mol. The molecule has 6 nitrogen and oxygen atoms in total. The fourth-order valence-electron chi connectivity index (χ4n) is 2.30. The molecule has 3 aromatic rings. The lowest BCUT2D eigenvalue weighted by atomic mass is 10.3. The number of hydrogen-bond acceptors (Lipinski definition) is 6. The molecular weight excluding hydrogens is 386 g/mol. The zero-order chi connectivity index (χ0) is 18.7. The van der Waals surface area contributed by atoms with Gasteiger partial charge in [0.05, 0.1) is 17.1 Å². The van der Waals surface area contributed by atoms with Gasteiger partial charge in [-0.25, -0.2) is 9.36 Å². The topological polar surface area (TPSA) is 64.7 Å². The molecule has 0 fully saturated rings. The zero-order valence-corrected chi connectivity index (χ0v) is 17.1. The van der Waals surface area contributed by atoms with Gasteiger partial charge in [0.2, 0.25) is 5.91 Å². The molecule has 0 saturated carbocycles. The molecule has 0 radical (unpaired) electrons. The zero-order valence-electron chi connectivity index (χ0n) is 14.6. The highest BCUT2D eigenvalue weighted by atomic mass is 32.2. The maximum absolute atomic E-state index is 12.5. The maximum atomic E-state index is 12.5. The molecule has 0 bridgehead atoms. The van der Waals surface area contributed by atoms with Crippen molar-refractivity contribution in [3.8, 4) is 5.69 Å². The molecule has 3 rings (SSSR count). The highest BCUT2D eigenvalue weighted by Gasteiger charge is 2.19. The first-order chi connectivity index (χ1) is 12.5. The Balaban J connectivity index is 1.70. The van der Waals surface area contributed by atoms with E-state index in [9.17, 15) is 4.79 Å². The Morgan fingerprint density at radius 1 is 1.23 bits per heavy atom. The molecule has 2 aromatic heterocycles. The minimum Gasteiger partial charge on any atom is -0.310 e. The van der Waals surface area contributed by atoms with E-state index in [1.54, 1.807) is 21.6 Å². The number of nitrogens with zero attached hydrogens (tertiary/aromatic N) is 4. The molecule has 1 aromatic carbocycles. The Labute approximate surface area is 165 Å². The van der Waals surface area contributed by atoms with Crippen LogP contribution in [0.3, 0.4) is 0 Å². The van der Waals surface area contributed by atoms with Crippen LogP contribution in [0.25, 0.3) is 5.69 Å². The summed E-state index contributed by atoms with van der Waals surface area (Å²) in [5.74, 6) is 0.602. The summed E-state index contributed by atoms with van der Waals surface area (Å²) in [6.07, 6.45) is 1.68. The maximum Gasteiger partial charge on any atom is 0.238 e. The van der Waals surface area contributed by atoms with Crippen LogP contribution in [0.15, 0.2) is 46.9 Å². The SMILES string of the molecule is CC(C)n1nccc1NC(=O)[C@H](C)Sc1nn(-c2ccccc2)c(=S)s1. The first kappa shape index (κ1) is 18.8. The minimum absolute atomic E-state index is 0.0928. The van der Waals surface area contributed by atoms with Gasteiger partial charge in [0, 0.05) is 12.1 Å². The lowest BCUT2D eigenvalue weighted by Gasteiger charge is -2.14. The highest BCUT2D eigenvalue weighted by Crippen LogP contribution is 2.28. The molecule has 1 N–H and O–H groups in total. The Morgan fingerprint density at radius 2 is 1.96 bits per heavy atom. The van der Waals surface area contributed by atoms with Gasteiger partial charge in [-0.1, -0.05) is 41.3 Å². The summed E-state index contributed by atoms with van der Waals surface area (Å²) in [5, 5.41) is 11.4. The molecule has 0 aliphatic heterocycles. The number of hydrogen-bond donors (Lipinski definition) is 1. The average Bonchev–Trinajstić information content (AvgIpc) is 3.22. The average molecular weight is 406 g/mol. The molecule has 1 amide bonds. The lowest BCUT2D eigenvalue weighted by Crippen LogP contribution is -2.24. The summed E-state index contributed by atoms with van der Waals surface area (Å²) in [4.78, 5) is 12.5. The van der Waals surface area contributed by atoms with Gasteiger partial charge >= 0.3 is 0 Å². The molecule has 136 valence electrons. The molecule has 26 heavy (non-hydrogen) atoms. The summed E-state index contributed by atoms with van der Waals surface area (Å²) in [5.41, 5.74) is 0.915. The van der Waals surface area contributed by atoms with Gasteiger partial charge in [-0.15, -0.1) is 5.10 Å². The van der Waals surface area contributed by atoms with E-state index in [2.05, 4.69) is 15.5 Å². The van der Waals surface area contributed by atoms with Crippen LogP contribution >= 0.6 is 35.3 Å². The molecule has 0 saturated heterocycles. The molecular formula is C17H19N5OS3. The Bertz CT molecular complexity index is 945.